The molecule has 1 aromatic rings. The Kier molecular flexibility index (Phi) is 7.88. The van der Waals surface area contributed by atoms with Crippen LogP contribution in [0.25, 0.3) is 0 Å². The molecule has 26 heavy (non-hydrogen) atoms. The second-order valence-electron chi connectivity index (χ2n) is 6.91. The Balaban J connectivity index is 1.77. The van der Waals surface area contributed by atoms with Gasteiger partial charge in [0.2, 0.25) is 0 Å². The summed E-state index contributed by atoms with van der Waals surface area (Å²) in [5.74, 6) is 0. The molecule has 1 saturated heterocycles. The lowest BCUT2D eigenvalue weighted by Crippen LogP contribution is -2.51. The van der Waals surface area contributed by atoms with Crippen LogP contribution in [0.3, 0.4) is 0 Å². The fourth-order valence-corrected chi connectivity index (χ4v) is 3.23. The molecule has 1 aliphatic heterocycles. The molecule has 0 bridgehead atoms. The topological polar surface area (TPSA) is 38.8 Å². The number of nitrogens with one attached hydrogen (secondary N) is 1. The molecule has 0 saturated carbocycles. The van der Waals surface area contributed by atoms with Crippen LogP contribution in [0.1, 0.15) is 11.1 Å². The van der Waals surface area contributed by atoms with E-state index in [2.05, 4.69) is 41.3 Å². The molecule has 0 unspecified atom stereocenters. The normalized spacial score (nSPS) is 15.1. The van der Waals surface area contributed by atoms with Crippen LogP contribution in [-0.4, -0.2) is 73.1 Å². The molecular formula is C21H32N4O. The van der Waals surface area contributed by atoms with Gasteiger partial charge >= 0.3 is 6.03 Å². The molecule has 2 amide bonds. The Labute approximate surface area is 158 Å². The quantitative estimate of drug-likeness (QED) is 0.728. The fourth-order valence-electron chi connectivity index (χ4n) is 3.23. The number of carbonyl (C=O) groups excluding carboxylic acids is 1. The van der Waals surface area contributed by atoms with Gasteiger partial charge in [-0.15, -0.1) is 13.2 Å². The largest absolute Gasteiger partial charge is 0.322 e. The first kappa shape index (κ1) is 20.2. The molecule has 0 radical (unpaired) electrons. The van der Waals surface area contributed by atoms with Crippen molar-refractivity contribution in [2.45, 2.75) is 13.8 Å². The molecule has 0 spiro atoms. The number of nitrogens with zero attached hydrogens (tertiary/aromatic N) is 3. The minimum Gasteiger partial charge on any atom is -0.322 e. The zero-order chi connectivity index (χ0) is 18.9. The lowest BCUT2D eigenvalue weighted by molar-refractivity contribution is 0.137. The number of amides is 2. The lowest BCUT2D eigenvalue weighted by Gasteiger charge is -2.35. The highest BCUT2D eigenvalue weighted by Crippen LogP contribution is 2.17. The van der Waals surface area contributed by atoms with E-state index in [0.29, 0.717) is 0 Å². The SMILES string of the molecule is C=CCN(CC=C)CCN1CCN(C(=O)Nc2ccc(C)cc2C)CC1. The zero-order valence-corrected chi connectivity index (χ0v) is 16.2. The van der Waals surface area contributed by atoms with Gasteiger partial charge in [-0.05, 0) is 25.5 Å². The van der Waals surface area contributed by atoms with Gasteiger partial charge in [-0.2, -0.15) is 0 Å². The maximum absolute atomic E-state index is 12.5. The van der Waals surface area contributed by atoms with Crippen molar-refractivity contribution in [3.63, 3.8) is 0 Å². The van der Waals surface area contributed by atoms with Gasteiger partial charge < -0.3 is 10.2 Å². The van der Waals surface area contributed by atoms with Crippen LogP contribution < -0.4 is 5.32 Å². The fraction of sp³-hybridized carbons (Fsp3) is 0.476. The van der Waals surface area contributed by atoms with E-state index in [1.165, 1.54) is 5.56 Å². The predicted molar refractivity (Wildman–Crippen MR) is 110 cm³/mol. The summed E-state index contributed by atoms with van der Waals surface area (Å²) in [7, 11) is 0. The maximum Gasteiger partial charge on any atom is 0.321 e. The molecule has 1 aliphatic rings. The molecule has 1 heterocycles. The first-order valence-electron chi connectivity index (χ1n) is 9.33. The van der Waals surface area contributed by atoms with Gasteiger partial charge in [0.25, 0.3) is 0 Å². The average molecular weight is 357 g/mol. The van der Waals surface area contributed by atoms with E-state index in [-0.39, 0.29) is 6.03 Å². The predicted octanol–water partition coefficient (Wildman–Crippen LogP) is 3.13. The van der Waals surface area contributed by atoms with Crippen LogP contribution in [0.5, 0.6) is 0 Å². The van der Waals surface area contributed by atoms with Gasteiger partial charge in [0.1, 0.15) is 0 Å². The number of urea groups is 1. The Morgan fingerprint density at radius 2 is 1.81 bits per heavy atom. The standard InChI is InChI=1S/C21H32N4O/c1-5-9-23(10-6-2)11-12-24-13-15-25(16-14-24)21(26)22-20-8-7-18(3)17-19(20)4/h5-8,17H,1-2,9-16H2,3-4H3,(H,22,26). The van der Waals surface area contributed by atoms with Crippen molar-refractivity contribution >= 4 is 11.7 Å². The summed E-state index contributed by atoms with van der Waals surface area (Å²) >= 11 is 0. The van der Waals surface area contributed by atoms with Gasteiger partial charge in [-0.25, -0.2) is 4.79 Å². The summed E-state index contributed by atoms with van der Waals surface area (Å²) in [6.07, 6.45) is 3.86. The van der Waals surface area contributed by atoms with E-state index in [1.807, 2.05) is 36.1 Å². The van der Waals surface area contributed by atoms with E-state index in [9.17, 15) is 4.79 Å². The van der Waals surface area contributed by atoms with Crippen molar-refractivity contribution in [2.24, 2.45) is 0 Å². The van der Waals surface area contributed by atoms with Crippen molar-refractivity contribution in [3.8, 4) is 0 Å². The second-order valence-corrected chi connectivity index (χ2v) is 6.91. The second kappa shape index (κ2) is 10.1. The number of piperazine rings is 1. The average Bonchev–Trinajstić information content (AvgIpc) is 2.63. The molecule has 142 valence electrons. The third-order valence-corrected chi connectivity index (χ3v) is 4.79. The van der Waals surface area contributed by atoms with Gasteiger partial charge in [-0.3, -0.25) is 9.80 Å². The highest BCUT2D eigenvalue weighted by atomic mass is 16.2. The van der Waals surface area contributed by atoms with Crippen LogP contribution >= 0.6 is 0 Å². The summed E-state index contributed by atoms with van der Waals surface area (Å²) in [4.78, 5) is 19.2. The molecule has 0 atom stereocenters. The molecule has 5 heteroatoms. The highest BCUT2D eigenvalue weighted by molar-refractivity contribution is 5.90. The first-order valence-corrected chi connectivity index (χ1v) is 9.33. The van der Waals surface area contributed by atoms with Crippen LogP contribution in [0.4, 0.5) is 10.5 Å². The Morgan fingerprint density at radius 1 is 1.15 bits per heavy atom. The zero-order valence-electron chi connectivity index (χ0n) is 16.2. The van der Waals surface area contributed by atoms with Gasteiger partial charge in [0.15, 0.2) is 0 Å². The minimum atomic E-state index is -0.00320. The van der Waals surface area contributed by atoms with Gasteiger partial charge in [-0.1, -0.05) is 29.8 Å². The number of aryl methyl sites for hydroxylation is 2. The summed E-state index contributed by atoms with van der Waals surface area (Å²) in [6, 6.07) is 6.09. The molecule has 0 aliphatic carbocycles. The summed E-state index contributed by atoms with van der Waals surface area (Å²) < 4.78 is 0. The van der Waals surface area contributed by atoms with Gasteiger partial charge in [0, 0.05) is 58.0 Å². The van der Waals surface area contributed by atoms with Crippen molar-refractivity contribution in [1.29, 1.82) is 0 Å². The third kappa shape index (κ3) is 6.00. The molecule has 1 N–H and O–H groups in total. The summed E-state index contributed by atoms with van der Waals surface area (Å²) in [5.41, 5.74) is 3.20. The Morgan fingerprint density at radius 3 is 2.38 bits per heavy atom. The van der Waals surface area contributed by atoms with Crippen molar-refractivity contribution in [1.82, 2.24) is 14.7 Å². The number of benzene rings is 1. The molecule has 0 aromatic heterocycles. The van der Waals surface area contributed by atoms with E-state index in [0.717, 1.165) is 63.6 Å². The highest BCUT2D eigenvalue weighted by Gasteiger charge is 2.21. The first-order chi connectivity index (χ1) is 12.5. The number of hydrogen-bond donors (Lipinski definition) is 1. The Hall–Kier alpha value is -2.11. The molecule has 2 rings (SSSR count). The van der Waals surface area contributed by atoms with Crippen molar-refractivity contribution < 1.29 is 4.79 Å². The van der Waals surface area contributed by atoms with Crippen LogP contribution in [-0.2, 0) is 0 Å². The monoisotopic (exact) mass is 356 g/mol. The van der Waals surface area contributed by atoms with Gasteiger partial charge in [0.05, 0.1) is 0 Å². The van der Waals surface area contributed by atoms with E-state index in [1.54, 1.807) is 0 Å². The summed E-state index contributed by atoms with van der Waals surface area (Å²) in [5, 5.41) is 3.04. The van der Waals surface area contributed by atoms with Crippen molar-refractivity contribution in [2.75, 3.05) is 57.7 Å². The van der Waals surface area contributed by atoms with Crippen molar-refractivity contribution in [3.05, 3.63) is 54.6 Å². The number of rotatable bonds is 8. The summed E-state index contributed by atoms with van der Waals surface area (Å²) in [6.45, 7) is 18.8. The molecular weight excluding hydrogens is 324 g/mol. The number of anilines is 1. The number of hydrogen-bond acceptors (Lipinski definition) is 3. The van der Waals surface area contributed by atoms with Crippen LogP contribution in [0, 0.1) is 13.8 Å². The molecule has 1 fully saturated rings. The third-order valence-electron chi connectivity index (χ3n) is 4.79. The van der Waals surface area contributed by atoms with E-state index in [4.69, 9.17) is 0 Å². The maximum atomic E-state index is 12.5. The smallest absolute Gasteiger partial charge is 0.321 e. The van der Waals surface area contributed by atoms with Crippen LogP contribution in [0.15, 0.2) is 43.5 Å². The molecule has 1 aromatic carbocycles. The van der Waals surface area contributed by atoms with E-state index >= 15 is 0 Å². The minimum absolute atomic E-state index is 0.00320. The lowest BCUT2D eigenvalue weighted by atomic mass is 10.1. The number of carbonyl (C=O) groups is 1. The Bertz CT molecular complexity index is 610. The van der Waals surface area contributed by atoms with Crippen LogP contribution in [0.2, 0.25) is 0 Å². The van der Waals surface area contributed by atoms with E-state index < -0.39 is 0 Å². The molecule has 5 nitrogen and oxygen atoms in total.